The largest absolute Gasteiger partial charge is 0.347 e. The fourth-order valence-electron chi connectivity index (χ4n) is 6.29. The Bertz CT molecular complexity index is 1080. The first-order valence-corrected chi connectivity index (χ1v) is 11.3. The van der Waals surface area contributed by atoms with Crippen LogP contribution in [0, 0.1) is 10.8 Å². The third-order valence-corrected chi connectivity index (χ3v) is 7.18. The monoisotopic (exact) mass is 400 g/mol. The standard InChI is InChI=1S/C27H32N2O/c1-26(2)16-23-17-27(3,18-26)19-29(23)25(30)22-9-10-24-21(15-22)12-14-28(24)13-11-20-7-5-4-6-8-20/h4-10,12,14-15,23H,11,13,16-19H2,1-3H3. The lowest BCUT2D eigenvalue weighted by Crippen LogP contribution is -2.37. The number of likely N-dealkylation sites (tertiary alicyclic amines) is 1. The van der Waals surface area contributed by atoms with Crippen LogP contribution in [0.3, 0.4) is 0 Å². The second-order valence-corrected chi connectivity index (χ2v) is 10.7. The van der Waals surface area contributed by atoms with Gasteiger partial charge in [0.25, 0.3) is 5.91 Å². The Kier molecular flexibility index (Phi) is 4.53. The molecule has 3 aromatic rings. The van der Waals surface area contributed by atoms with Crippen LogP contribution in [0.4, 0.5) is 0 Å². The predicted octanol–water partition coefficient (Wildman–Crippen LogP) is 5.92. The average Bonchev–Trinajstić information content (AvgIpc) is 3.22. The molecular weight excluding hydrogens is 368 g/mol. The van der Waals surface area contributed by atoms with Gasteiger partial charge in [0.1, 0.15) is 0 Å². The van der Waals surface area contributed by atoms with Gasteiger partial charge in [0.15, 0.2) is 0 Å². The Morgan fingerprint density at radius 1 is 1.03 bits per heavy atom. The van der Waals surface area contributed by atoms with Crippen LogP contribution in [-0.4, -0.2) is 28.0 Å². The Labute approximate surface area is 179 Å². The van der Waals surface area contributed by atoms with Crippen molar-refractivity contribution in [3.8, 4) is 0 Å². The fourth-order valence-corrected chi connectivity index (χ4v) is 6.29. The molecule has 0 N–H and O–H groups in total. The van der Waals surface area contributed by atoms with Gasteiger partial charge in [-0.15, -0.1) is 0 Å². The van der Waals surface area contributed by atoms with Gasteiger partial charge in [0, 0.05) is 41.8 Å². The van der Waals surface area contributed by atoms with E-state index in [9.17, 15) is 4.79 Å². The lowest BCUT2D eigenvalue weighted by atomic mass is 9.65. The minimum atomic E-state index is 0.209. The molecule has 2 bridgehead atoms. The van der Waals surface area contributed by atoms with E-state index in [1.165, 1.54) is 17.5 Å². The number of carbonyl (C=O) groups is 1. The van der Waals surface area contributed by atoms with Crippen molar-refractivity contribution in [3.63, 3.8) is 0 Å². The minimum Gasteiger partial charge on any atom is -0.347 e. The van der Waals surface area contributed by atoms with E-state index < -0.39 is 0 Å². The Morgan fingerprint density at radius 3 is 2.63 bits per heavy atom. The maximum atomic E-state index is 13.4. The summed E-state index contributed by atoms with van der Waals surface area (Å²) in [6.45, 7) is 8.92. The zero-order valence-electron chi connectivity index (χ0n) is 18.4. The molecule has 3 heteroatoms. The molecule has 1 aromatic heterocycles. The van der Waals surface area contributed by atoms with Crippen LogP contribution in [0.15, 0.2) is 60.8 Å². The second-order valence-electron chi connectivity index (χ2n) is 10.7. The van der Waals surface area contributed by atoms with E-state index in [1.54, 1.807) is 0 Å². The third-order valence-electron chi connectivity index (χ3n) is 7.18. The van der Waals surface area contributed by atoms with Gasteiger partial charge in [0.05, 0.1) is 0 Å². The van der Waals surface area contributed by atoms with Crippen molar-refractivity contribution in [2.24, 2.45) is 10.8 Å². The molecule has 1 saturated carbocycles. The van der Waals surface area contributed by atoms with Gasteiger partial charge < -0.3 is 9.47 Å². The van der Waals surface area contributed by atoms with E-state index in [4.69, 9.17) is 0 Å². The summed E-state index contributed by atoms with van der Waals surface area (Å²) < 4.78 is 2.29. The van der Waals surface area contributed by atoms with Gasteiger partial charge in [-0.1, -0.05) is 51.1 Å². The average molecular weight is 401 g/mol. The molecular formula is C27H32N2O. The number of hydrogen-bond donors (Lipinski definition) is 0. The summed E-state index contributed by atoms with van der Waals surface area (Å²) in [7, 11) is 0. The highest BCUT2D eigenvalue weighted by Crippen LogP contribution is 2.52. The molecule has 156 valence electrons. The number of rotatable bonds is 4. The zero-order chi connectivity index (χ0) is 20.9. The maximum absolute atomic E-state index is 13.4. The van der Waals surface area contributed by atoms with E-state index in [0.29, 0.717) is 11.5 Å². The highest BCUT2D eigenvalue weighted by Gasteiger charge is 2.51. The molecule has 1 saturated heterocycles. The van der Waals surface area contributed by atoms with Gasteiger partial charge in [-0.3, -0.25) is 4.79 Å². The molecule has 2 aliphatic rings. The number of benzene rings is 2. The van der Waals surface area contributed by atoms with E-state index in [-0.39, 0.29) is 11.3 Å². The summed E-state index contributed by atoms with van der Waals surface area (Å²) in [6.07, 6.45) is 6.64. The zero-order valence-corrected chi connectivity index (χ0v) is 18.4. The lowest BCUT2D eigenvalue weighted by molar-refractivity contribution is 0.0708. The smallest absolute Gasteiger partial charge is 0.254 e. The summed E-state index contributed by atoms with van der Waals surface area (Å²) in [5.41, 5.74) is 3.98. The predicted molar refractivity (Wildman–Crippen MR) is 123 cm³/mol. The summed E-state index contributed by atoms with van der Waals surface area (Å²) in [5, 5.41) is 1.16. The molecule has 30 heavy (non-hydrogen) atoms. The molecule has 1 amide bonds. The Hall–Kier alpha value is -2.55. The van der Waals surface area contributed by atoms with Crippen molar-refractivity contribution in [1.29, 1.82) is 0 Å². The van der Waals surface area contributed by atoms with Crippen LogP contribution in [0.1, 0.15) is 56.0 Å². The van der Waals surface area contributed by atoms with Crippen LogP contribution in [0.5, 0.6) is 0 Å². The molecule has 0 spiro atoms. The van der Waals surface area contributed by atoms with Gasteiger partial charge in [-0.05, 0) is 66.3 Å². The number of aryl methyl sites for hydroxylation is 2. The fraction of sp³-hybridized carbons (Fsp3) is 0.444. The molecule has 0 radical (unpaired) electrons. The van der Waals surface area contributed by atoms with E-state index in [1.807, 2.05) is 6.07 Å². The molecule has 1 aliphatic carbocycles. The third kappa shape index (κ3) is 3.55. The van der Waals surface area contributed by atoms with Crippen molar-refractivity contribution in [3.05, 3.63) is 71.9 Å². The Balaban J connectivity index is 1.35. The number of hydrogen-bond acceptors (Lipinski definition) is 1. The quantitative estimate of drug-likeness (QED) is 0.533. The van der Waals surface area contributed by atoms with Crippen LogP contribution < -0.4 is 0 Å². The molecule has 1 aliphatic heterocycles. The maximum Gasteiger partial charge on any atom is 0.254 e. The summed E-state index contributed by atoms with van der Waals surface area (Å²) in [6, 6.07) is 19.4. The van der Waals surface area contributed by atoms with Crippen molar-refractivity contribution in [1.82, 2.24) is 9.47 Å². The van der Waals surface area contributed by atoms with Gasteiger partial charge in [0.2, 0.25) is 0 Å². The van der Waals surface area contributed by atoms with Crippen molar-refractivity contribution in [2.45, 2.75) is 59.0 Å². The number of nitrogens with zero attached hydrogens (tertiary/aromatic N) is 2. The van der Waals surface area contributed by atoms with Gasteiger partial charge >= 0.3 is 0 Å². The minimum absolute atomic E-state index is 0.209. The van der Waals surface area contributed by atoms with E-state index in [2.05, 4.69) is 85.0 Å². The van der Waals surface area contributed by atoms with Crippen molar-refractivity contribution < 1.29 is 4.79 Å². The van der Waals surface area contributed by atoms with Gasteiger partial charge in [-0.2, -0.15) is 0 Å². The van der Waals surface area contributed by atoms with Crippen LogP contribution in [-0.2, 0) is 13.0 Å². The number of fused-ring (bicyclic) bond motifs is 3. The summed E-state index contributed by atoms with van der Waals surface area (Å²) in [4.78, 5) is 15.6. The number of aromatic nitrogens is 1. The van der Waals surface area contributed by atoms with E-state index >= 15 is 0 Å². The first-order valence-electron chi connectivity index (χ1n) is 11.3. The van der Waals surface area contributed by atoms with Crippen molar-refractivity contribution in [2.75, 3.05) is 6.54 Å². The molecule has 2 fully saturated rings. The lowest BCUT2D eigenvalue weighted by Gasteiger charge is -2.39. The van der Waals surface area contributed by atoms with Crippen LogP contribution in [0.2, 0.25) is 0 Å². The molecule has 2 aromatic carbocycles. The normalized spacial score (nSPS) is 25.0. The second kappa shape index (κ2) is 7.01. The SMILES string of the molecule is CC1(C)CC2CC(C)(CN2C(=O)c2ccc3c(ccn3CCc3ccccc3)c2)C1. The highest BCUT2D eigenvalue weighted by atomic mass is 16.2. The van der Waals surface area contributed by atoms with Gasteiger partial charge in [-0.25, -0.2) is 0 Å². The Morgan fingerprint density at radius 2 is 1.83 bits per heavy atom. The highest BCUT2D eigenvalue weighted by molar-refractivity contribution is 5.98. The first-order chi connectivity index (χ1) is 14.3. The topological polar surface area (TPSA) is 25.2 Å². The summed E-state index contributed by atoms with van der Waals surface area (Å²) >= 11 is 0. The summed E-state index contributed by atoms with van der Waals surface area (Å²) in [5.74, 6) is 0.209. The first kappa shape index (κ1) is 19.4. The molecule has 3 nitrogen and oxygen atoms in total. The van der Waals surface area contributed by atoms with E-state index in [0.717, 1.165) is 43.3 Å². The number of amides is 1. The molecule has 2 heterocycles. The van der Waals surface area contributed by atoms with Crippen LogP contribution >= 0.6 is 0 Å². The van der Waals surface area contributed by atoms with Crippen molar-refractivity contribution >= 4 is 16.8 Å². The molecule has 2 atom stereocenters. The van der Waals surface area contributed by atoms with Crippen LogP contribution in [0.25, 0.3) is 10.9 Å². The molecule has 5 rings (SSSR count). The molecule has 2 unspecified atom stereocenters. The number of carbonyl (C=O) groups excluding carboxylic acids is 1.